The minimum absolute atomic E-state index is 0.0291. The summed E-state index contributed by atoms with van der Waals surface area (Å²) in [4.78, 5) is 31.9. The lowest BCUT2D eigenvalue weighted by Gasteiger charge is -2.42. The number of halogens is 2. The molecule has 1 aromatic rings. The molecule has 5 nitrogen and oxygen atoms in total. The van der Waals surface area contributed by atoms with Gasteiger partial charge in [0.1, 0.15) is 0 Å². The minimum Gasteiger partial charge on any atom is -0.342 e. The Bertz CT molecular complexity index is 638. The summed E-state index contributed by atoms with van der Waals surface area (Å²) in [6, 6.07) is 5.17. The highest BCUT2D eigenvalue weighted by Gasteiger charge is 2.57. The monoisotopic (exact) mass is 337 g/mol. The Labute approximate surface area is 139 Å². The molecule has 0 aliphatic carbocycles. The quantitative estimate of drug-likeness (QED) is 0.844. The van der Waals surface area contributed by atoms with Crippen LogP contribution in [-0.4, -0.2) is 58.7 Å². The first kappa shape index (κ1) is 16.8. The predicted octanol–water partition coefficient (Wildman–Crippen LogP) is 1.73. The van der Waals surface area contributed by atoms with Gasteiger partial charge in [0.2, 0.25) is 11.8 Å². The molecule has 0 saturated carbocycles. The number of carbonyl (C=O) groups is 2. The van der Waals surface area contributed by atoms with Crippen molar-refractivity contribution in [1.82, 2.24) is 14.8 Å². The van der Waals surface area contributed by atoms with E-state index in [4.69, 9.17) is 0 Å². The fourth-order valence-corrected chi connectivity index (χ4v) is 3.76. The molecule has 2 aliphatic rings. The predicted molar refractivity (Wildman–Crippen MR) is 83.4 cm³/mol. The number of carbonyl (C=O) groups excluding carboxylic acids is 2. The van der Waals surface area contributed by atoms with Crippen molar-refractivity contribution in [3.63, 3.8) is 0 Å². The SMILES string of the molecule is CCN1CC[C@]2(CN(C(=O)Cc3ccccn3)CC(F)(F)C2)C1=O. The largest absolute Gasteiger partial charge is 0.342 e. The van der Waals surface area contributed by atoms with Gasteiger partial charge < -0.3 is 9.80 Å². The maximum Gasteiger partial charge on any atom is 0.266 e. The molecule has 130 valence electrons. The highest BCUT2D eigenvalue weighted by atomic mass is 19.3. The van der Waals surface area contributed by atoms with Crippen LogP contribution in [0.3, 0.4) is 0 Å². The molecule has 2 fully saturated rings. The lowest BCUT2D eigenvalue weighted by molar-refractivity contribution is -0.162. The van der Waals surface area contributed by atoms with Gasteiger partial charge in [-0.25, -0.2) is 8.78 Å². The Morgan fingerprint density at radius 3 is 2.75 bits per heavy atom. The number of piperidine rings is 1. The number of likely N-dealkylation sites (tertiary alicyclic amines) is 2. The van der Waals surface area contributed by atoms with Gasteiger partial charge in [0.05, 0.1) is 18.4 Å². The molecule has 7 heteroatoms. The van der Waals surface area contributed by atoms with Gasteiger partial charge in [0.15, 0.2) is 0 Å². The summed E-state index contributed by atoms with van der Waals surface area (Å²) in [5.74, 6) is -3.70. The van der Waals surface area contributed by atoms with Gasteiger partial charge in [-0.2, -0.15) is 0 Å². The van der Waals surface area contributed by atoms with Gasteiger partial charge in [-0.3, -0.25) is 14.6 Å². The number of pyridine rings is 1. The number of rotatable bonds is 3. The van der Waals surface area contributed by atoms with Crippen LogP contribution in [0.4, 0.5) is 8.78 Å². The highest BCUT2D eigenvalue weighted by Crippen LogP contribution is 2.45. The van der Waals surface area contributed by atoms with Crippen molar-refractivity contribution in [2.45, 2.75) is 32.1 Å². The summed E-state index contributed by atoms with van der Waals surface area (Å²) in [7, 11) is 0. The second-order valence-electron chi connectivity index (χ2n) is 6.70. The lowest BCUT2D eigenvalue weighted by Crippen LogP contribution is -2.57. The molecule has 0 unspecified atom stereocenters. The fraction of sp³-hybridized carbons (Fsp3) is 0.588. The molecule has 0 bridgehead atoms. The van der Waals surface area contributed by atoms with Crippen LogP contribution in [0, 0.1) is 5.41 Å². The molecule has 1 spiro atoms. The number of hydrogen-bond donors (Lipinski definition) is 0. The molecule has 1 aromatic heterocycles. The molecule has 2 saturated heterocycles. The van der Waals surface area contributed by atoms with E-state index < -0.39 is 30.2 Å². The van der Waals surface area contributed by atoms with Crippen LogP contribution in [-0.2, 0) is 16.0 Å². The Morgan fingerprint density at radius 1 is 1.33 bits per heavy atom. The third kappa shape index (κ3) is 3.12. The van der Waals surface area contributed by atoms with Crippen molar-refractivity contribution < 1.29 is 18.4 Å². The number of amides is 2. The van der Waals surface area contributed by atoms with E-state index in [1.165, 1.54) is 0 Å². The van der Waals surface area contributed by atoms with Crippen molar-refractivity contribution in [3.05, 3.63) is 30.1 Å². The van der Waals surface area contributed by atoms with Crippen molar-refractivity contribution in [2.75, 3.05) is 26.2 Å². The minimum atomic E-state index is -3.04. The van der Waals surface area contributed by atoms with Gasteiger partial charge >= 0.3 is 0 Å². The summed E-state index contributed by atoms with van der Waals surface area (Å²) in [6.45, 7) is 2.27. The van der Waals surface area contributed by atoms with Crippen LogP contribution in [0.25, 0.3) is 0 Å². The normalized spacial score (nSPS) is 26.2. The van der Waals surface area contributed by atoms with Gasteiger partial charge in [0.25, 0.3) is 5.92 Å². The average Bonchev–Trinajstić information content (AvgIpc) is 2.82. The zero-order valence-electron chi connectivity index (χ0n) is 13.7. The van der Waals surface area contributed by atoms with Crippen LogP contribution in [0.2, 0.25) is 0 Å². The smallest absolute Gasteiger partial charge is 0.266 e. The zero-order chi connectivity index (χ0) is 17.4. The van der Waals surface area contributed by atoms with E-state index in [-0.39, 0.29) is 18.9 Å². The Hall–Kier alpha value is -2.05. The molecule has 0 aromatic carbocycles. The third-order valence-corrected chi connectivity index (χ3v) is 4.91. The van der Waals surface area contributed by atoms with E-state index in [0.29, 0.717) is 25.2 Å². The van der Waals surface area contributed by atoms with Gasteiger partial charge in [0, 0.05) is 37.9 Å². The molecule has 0 radical (unpaired) electrons. The van der Waals surface area contributed by atoms with Crippen molar-refractivity contribution >= 4 is 11.8 Å². The highest BCUT2D eigenvalue weighted by molar-refractivity contribution is 5.87. The average molecular weight is 337 g/mol. The van der Waals surface area contributed by atoms with Crippen LogP contribution in [0.5, 0.6) is 0 Å². The molecule has 1 atom stereocenters. The summed E-state index contributed by atoms with van der Waals surface area (Å²) >= 11 is 0. The molecular formula is C17H21F2N3O2. The Balaban J connectivity index is 1.79. The van der Waals surface area contributed by atoms with Crippen molar-refractivity contribution in [3.8, 4) is 0 Å². The number of alkyl halides is 2. The first-order chi connectivity index (χ1) is 11.4. The molecule has 3 rings (SSSR count). The second-order valence-corrected chi connectivity index (χ2v) is 6.70. The van der Waals surface area contributed by atoms with E-state index in [1.807, 2.05) is 6.92 Å². The maximum absolute atomic E-state index is 14.3. The van der Waals surface area contributed by atoms with Crippen molar-refractivity contribution in [2.24, 2.45) is 5.41 Å². The van der Waals surface area contributed by atoms with E-state index in [2.05, 4.69) is 4.98 Å². The summed E-state index contributed by atoms with van der Waals surface area (Å²) < 4.78 is 28.5. The standard InChI is InChI=1S/C17H21F2N3O2/c1-2-21-8-6-16(15(21)24)10-17(18,19)12-22(11-16)14(23)9-13-5-3-4-7-20-13/h3-5,7H,2,6,8-12H2,1H3/t16-/m0/s1. The summed E-state index contributed by atoms with van der Waals surface area (Å²) in [6.07, 6.45) is 1.44. The van der Waals surface area contributed by atoms with E-state index in [1.54, 1.807) is 29.3 Å². The van der Waals surface area contributed by atoms with E-state index in [0.717, 1.165) is 4.90 Å². The maximum atomic E-state index is 14.3. The molecule has 3 heterocycles. The molecule has 24 heavy (non-hydrogen) atoms. The Morgan fingerprint density at radius 2 is 2.12 bits per heavy atom. The van der Waals surface area contributed by atoms with Crippen LogP contribution >= 0.6 is 0 Å². The van der Waals surface area contributed by atoms with Crippen LogP contribution < -0.4 is 0 Å². The molecule has 2 amide bonds. The van der Waals surface area contributed by atoms with Crippen LogP contribution in [0.15, 0.2) is 24.4 Å². The first-order valence-corrected chi connectivity index (χ1v) is 8.20. The van der Waals surface area contributed by atoms with Gasteiger partial charge in [-0.05, 0) is 25.5 Å². The van der Waals surface area contributed by atoms with Gasteiger partial charge in [-0.1, -0.05) is 6.07 Å². The zero-order valence-corrected chi connectivity index (χ0v) is 13.7. The Kier molecular flexibility index (Phi) is 4.27. The lowest BCUT2D eigenvalue weighted by atomic mass is 9.77. The van der Waals surface area contributed by atoms with E-state index in [9.17, 15) is 18.4 Å². The number of hydrogen-bond acceptors (Lipinski definition) is 3. The number of aromatic nitrogens is 1. The number of nitrogens with zero attached hydrogens (tertiary/aromatic N) is 3. The molecule has 2 aliphatic heterocycles. The van der Waals surface area contributed by atoms with E-state index >= 15 is 0 Å². The summed E-state index contributed by atoms with van der Waals surface area (Å²) in [5, 5.41) is 0. The van der Waals surface area contributed by atoms with Gasteiger partial charge in [-0.15, -0.1) is 0 Å². The molecular weight excluding hydrogens is 316 g/mol. The molecule has 0 N–H and O–H groups in total. The van der Waals surface area contributed by atoms with Crippen LogP contribution in [0.1, 0.15) is 25.5 Å². The third-order valence-electron chi connectivity index (χ3n) is 4.91. The van der Waals surface area contributed by atoms with Crippen molar-refractivity contribution in [1.29, 1.82) is 0 Å². The topological polar surface area (TPSA) is 53.5 Å². The summed E-state index contributed by atoms with van der Waals surface area (Å²) in [5.41, 5.74) is -0.601. The second kappa shape index (κ2) is 6.11. The fourth-order valence-electron chi connectivity index (χ4n) is 3.76. The first-order valence-electron chi connectivity index (χ1n) is 8.20.